The highest BCUT2D eigenvalue weighted by atomic mass is 32.1. The fourth-order valence-corrected chi connectivity index (χ4v) is 2.78. The molecule has 0 bridgehead atoms. The third-order valence-electron chi connectivity index (χ3n) is 4.10. The molecule has 24 heavy (non-hydrogen) atoms. The number of carbonyl (C=O) groups is 1. The van der Waals surface area contributed by atoms with Crippen molar-refractivity contribution >= 4 is 23.3 Å². The summed E-state index contributed by atoms with van der Waals surface area (Å²) in [4.78, 5) is 20.5. The molecule has 1 aliphatic rings. The van der Waals surface area contributed by atoms with Crippen LogP contribution in [0.2, 0.25) is 0 Å². The number of rotatable bonds is 5. The van der Waals surface area contributed by atoms with Crippen molar-refractivity contribution < 1.29 is 9.53 Å². The van der Waals surface area contributed by atoms with Gasteiger partial charge in [-0.3, -0.25) is 9.78 Å². The Kier molecular flexibility index (Phi) is 4.99. The molecule has 1 amide bonds. The molecular formula is C18H17N3O2S. The monoisotopic (exact) mass is 339 g/mol. The number of methoxy groups -OCH3 is 1. The molecule has 122 valence electrons. The lowest BCUT2D eigenvalue weighted by Gasteiger charge is -2.32. The molecule has 6 heteroatoms. The number of aromatic nitrogens is 1. The van der Waals surface area contributed by atoms with Crippen LogP contribution in [0.25, 0.3) is 11.1 Å². The van der Waals surface area contributed by atoms with E-state index in [4.69, 9.17) is 4.74 Å². The number of amides is 1. The van der Waals surface area contributed by atoms with Crippen LogP contribution >= 0.6 is 12.2 Å². The van der Waals surface area contributed by atoms with Crippen LogP contribution in [0.1, 0.15) is 23.3 Å². The molecule has 0 spiro atoms. The van der Waals surface area contributed by atoms with Gasteiger partial charge < -0.3 is 10.1 Å². The Labute approximate surface area is 145 Å². The van der Waals surface area contributed by atoms with Gasteiger partial charge in [0.15, 0.2) is 0 Å². The maximum Gasteiger partial charge on any atom is 0.270 e. The Bertz CT molecular complexity index is 762. The van der Waals surface area contributed by atoms with E-state index in [9.17, 15) is 4.79 Å². The van der Waals surface area contributed by atoms with Crippen LogP contribution in [0.4, 0.5) is 0 Å². The lowest BCUT2D eigenvalue weighted by atomic mass is 9.87. The Morgan fingerprint density at radius 3 is 2.54 bits per heavy atom. The molecule has 0 atom stereocenters. The van der Waals surface area contributed by atoms with E-state index >= 15 is 0 Å². The van der Waals surface area contributed by atoms with Crippen LogP contribution in [-0.2, 0) is 0 Å². The largest absolute Gasteiger partial charge is 0.497 e. The SMILES string of the molecule is COc1ccc(-c2ccc(C(=O)N[C@H]3C[C@@H](N=C=S)C3)nc2)cc1. The predicted octanol–water partition coefficient (Wildman–Crippen LogP) is 3.12. The number of hydrogen-bond donors (Lipinski definition) is 1. The zero-order chi connectivity index (χ0) is 16.9. The van der Waals surface area contributed by atoms with E-state index in [0.29, 0.717) is 5.69 Å². The molecule has 0 saturated heterocycles. The summed E-state index contributed by atoms with van der Waals surface area (Å²) in [6.45, 7) is 0. The zero-order valence-corrected chi connectivity index (χ0v) is 14.0. The van der Waals surface area contributed by atoms with E-state index in [-0.39, 0.29) is 18.0 Å². The van der Waals surface area contributed by atoms with Gasteiger partial charge in [-0.2, -0.15) is 0 Å². The first-order chi connectivity index (χ1) is 11.7. The van der Waals surface area contributed by atoms with Gasteiger partial charge in [-0.25, -0.2) is 4.99 Å². The predicted molar refractivity (Wildman–Crippen MR) is 95.5 cm³/mol. The van der Waals surface area contributed by atoms with Crippen LogP contribution in [-0.4, -0.2) is 35.2 Å². The van der Waals surface area contributed by atoms with Gasteiger partial charge in [0.05, 0.1) is 18.3 Å². The van der Waals surface area contributed by atoms with E-state index in [1.807, 2.05) is 30.3 Å². The van der Waals surface area contributed by atoms with Crippen molar-refractivity contribution in [3.63, 3.8) is 0 Å². The van der Waals surface area contributed by atoms with Crippen molar-refractivity contribution in [3.8, 4) is 16.9 Å². The average molecular weight is 339 g/mol. The minimum Gasteiger partial charge on any atom is -0.497 e. The molecule has 1 aromatic carbocycles. The smallest absolute Gasteiger partial charge is 0.270 e. The first-order valence-corrected chi connectivity index (χ1v) is 8.08. The van der Waals surface area contributed by atoms with E-state index in [0.717, 1.165) is 29.7 Å². The molecule has 0 radical (unpaired) electrons. The second-order valence-corrected chi connectivity index (χ2v) is 5.86. The van der Waals surface area contributed by atoms with E-state index < -0.39 is 0 Å². The third-order valence-corrected chi connectivity index (χ3v) is 4.21. The van der Waals surface area contributed by atoms with Crippen molar-refractivity contribution in [2.45, 2.75) is 24.9 Å². The normalized spacial score (nSPS) is 18.9. The summed E-state index contributed by atoms with van der Waals surface area (Å²) in [5.41, 5.74) is 2.39. The highest BCUT2D eigenvalue weighted by molar-refractivity contribution is 7.78. The number of nitrogens with zero attached hydrogens (tertiary/aromatic N) is 2. The number of pyridine rings is 1. The van der Waals surface area contributed by atoms with E-state index in [1.165, 1.54) is 0 Å². The maximum absolute atomic E-state index is 12.2. The van der Waals surface area contributed by atoms with Gasteiger partial charge in [-0.1, -0.05) is 18.2 Å². The van der Waals surface area contributed by atoms with Crippen LogP contribution in [0.15, 0.2) is 47.6 Å². The minimum absolute atomic E-state index is 0.137. The van der Waals surface area contributed by atoms with Crippen molar-refractivity contribution in [1.82, 2.24) is 10.3 Å². The molecule has 1 fully saturated rings. The summed E-state index contributed by atoms with van der Waals surface area (Å²) in [5, 5.41) is 5.34. The molecular weight excluding hydrogens is 322 g/mol. The fraction of sp³-hybridized carbons (Fsp3) is 0.278. The van der Waals surface area contributed by atoms with Gasteiger partial charge in [-0.15, -0.1) is 0 Å². The van der Waals surface area contributed by atoms with Gasteiger partial charge >= 0.3 is 0 Å². The quantitative estimate of drug-likeness (QED) is 0.671. The Morgan fingerprint density at radius 2 is 1.96 bits per heavy atom. The third kappa shape index (κ3) is 3.67. The number of ether oxygens (including phenoxy) is 1. The first-order valence-electron chi connectivity index (χ1n) is 7.68. The van der Waals surface area contributed by atoms with Crippen molar-refractivity contribution in [1.29, 1.82) is 0 Å². The highest BCUT2D eigenvalue weighted by Gasteiger charge is 2.30. The van der Waals surface area contributed by atoms with Crippen LogP contribution in [0, 0.1) is 0 Å². The van der Waals surface area contributed by atoms with Crippen molar-refractivity contribution in [2.24, 2.45) is 4.99 Å². The average Bonchev–Trinajstić information content (AvgIpc) is 2.60. The molecule has 2 aromatic rings. The second kappa shape index (κ2) is 7.34. The summed E-state index contributed by atoms with van der Waals surface area (Å²) in [5.74, 6) is 0.644. The number of thiocarbonyl (C=S) groups is 1. The molecule has 1 aliphatic carbocycles. The lowest BCUT2D eigenvalue weighted by molar-refractivity contribution is 0.0905. The number of isothiocyanates is 1. The second-order valence-electron chi connectivity index (χ2n) is 5.68. The number of nitrogens with one attached hydrogen (secondary N) is 1. The molecule has 1 saturated carbocycles. The molecule has 1 heterocycles. The molecule has 5 nitrogen and oxygen atoms in total. The van der Waals surface area contributed by atoms with E-state index in [1.54, 1.807) is 19.4 Å². The van der Waals surface area contributed by atoms with Gasteiger partial charge in [0.2, 0.25) is 0 Å². The maximum atomic E-state index is 12.2. The van der Waals surface area contributed by atoms with Crippen LogP contribution < -0.4 is 10.1 Å². The first kappa shape index (κ1) is 16.3. The summed E-state index contributed by atoms with van der Waals surface area (Å²) in [6.07, 6.45) is 3.31. The topological polar surface area (TPSA) is 63.6 Å². The Balaban J connectivity index is 1.61. The van der Waals surface area contributed by atoms with Crippen LogP contribution in [0.3, 0.4) is 0 Å². The van der Waals surface area contributed by atoms with Crippen molar-refractivity contribution in [2.75, 3.05) is 7.11 Å². The Hall–Kier alpha value is -2.56. The highest BCUT2D eigenvalue weighted by Crippen LogP contribution is 2.24. The summed E-state index contributed by atoms with van der Waals surface area (Å²) >= 11 is 4.58. The Morgan fingerprint density at radius 1 is 1.25 bits per heavy atom. The summed E-state index contributed by atoms with van der Waals surface area (Å²) in [6, 6.07) is 11.7. The standard InChI is InChI=1S/C18H17N3O2S/c1-23-16-5-2-12(3-6-16)13-4-7-17(19-10-13)18(22)21-15-8-14(9-15)20-11-24/h2-7,10,14-15H,8-9H2,1H3,(H,21,22)/t14-,15+. The lowest BCUT2D eigenvalue weighted by Crippen LogP contribution is -2.46. The van der Waals surface area contributed by atoms with Gasteiger partial charge in [0, 0.05) is 17.8 Å². The summed E-state index contributed by atoms with van der Waals surface area (Å²) < 4.78 is 5.15. The zero-order valence-electron chi connectivity index (χ0n) is 13.2. The molecule has 0 aliphatic heterocycles. The van der Waals surface area contributed by atoms with Gasteiger partial charge in [0.25, 0.3) is 5.91 Å². The van der Waals surface area contributed by atoms with Gasteiger partial charge in [0.1, 0.15) is 11.4 Å². The molecule has 0 unspecified atom stereocenters. The molecule has 3 rings (SSSR count). The summed E-state index contributed by atoms with van der Waals surface area (Å²) in [7, 11) is 1.63. The minimum atomic E-state index is -0.161. The van der Waals surface area contributed by atoms with Crippen molar-refractivity contribution in [3.05, 3.63) is 48.3 Å². The number of carbonyl (C=O) groups excluding carboxylic acids is 1. The van der Waals surface area contributed by atoms with Gasteiger partial charge in [-0.05, 0) is 48.8 Å². The number of aliphatic imine (C=N–C) groups is 1. The number of hydrogen-bond acceptors (Lipinski definition) is 5. The van der Waals surface area contributed by atoms with Crippen LogP contribution in [0.5, 0.6) is 5.75 Å². The molecule has 1 N–H and O–H groups in total. The number of benzene rings is 1. The van der Waals surface area contributed by atoms with E-state index in [2.05, 4.69) is 32.7 Å². The fourth-order valence-electron chi connectivity index (χ4n) is 2.63. The molecule has 1 aromatic heterocycles.